The average molecular weight is 468 g/mol. The van der Waals surface area contributed by atoms with Crippen LogP contribution in [0, 0.1) is 29.6 Å². The summed E-state index contributed by atoms with van der Waals surface area (Å²) in [5.74, 6) is -0.550. The molecule has 0 aliphatic heterocycles. The Bertz CT molecular complexity index is 1060. The summed E-state index contributed by atoms with van der Waals surface area (Å²) in [6.45, 7) is 6.48. The lowest BCUT2D eigenvalue weighted by atomic mass is 10.2. The fourth-order valence-electron chi connectivity index (χ4n) is 2.75. The molecule has 2 rings (SSSR count). The first kappa shape index (κ1) is 25.5. The van der Waals surface area contributed by atoms with Gasteiger partial charge in [0, 0.05) is 18.5 Å². The Hall–Kier alpha value is -3.76. The second-order valence-electron chi connectivity index (χ2n) is 6.81. The molecule has 0 saturated heterocycles. The summed E-state index contributed by atoms with van der Waals surface area (Å²) in [5.41, 5.74) is 2.37. The zero-order valence-corrected chi connectivity index (χ0v) is 19.6. The lowest BCUT2D eigenvalue weighted by molar-refractivity contribution is -0.143. The van der Waals surface area contributed by atoms with Crippen molar-refractivity contribution in [3.8, 4) is 12.1 Å². The van der Waals surface area contributed by atoms with Gasteiger partial charge in [-0.15, -0.1) is 21.6 Å². The molecule has 33 heavy (non-hydrogen) atoms. The first-order valence-electron chi connectivity index (χ1n) is 10.4. The van der Waals surface area contributed by atoms with Gasteiger partial charge in [0.15, 0.2) is 5.00 Å². The fourth-order valence-corrected chi connectivity index (χ4v) is 3.63. The third-order valence-electron chi connectivity index (χ3n) is 4.64. The molecule has 0 aliphatic rings. The molecule has 0 atom stereocenters. The van der Waals surface area contributed by atoms with E-state index in [1.54, 1.807) is 32.9 Å². The minimum Gasteiger partial charge on any atom is -0.464 e. The van der Waals surface area contributed by atoms with E-state index in [1.165, 1.54) is 0 Å². The topological polar surface area (TPSA) is 128 Å². The van der Waals surface area contributed by atoms with Crippen molar-refractivity contribution in [1.82, 2.24) is 0 Å². The maximum Gasteiger partial charge on any atom is 0.305 e. The summed E-state index contributed by atoms with van der Waals surface area (Å²) in [6, 6.07) is 11.3. The minimum atomic E-state index is -0.275. The first-order chi connectivity index (χ1) is 15.9. The van der Waals surface area contributed by atoms with E-state index in [0.29, 0.717) is 52.6 Å². The van der Waals surface area contributed by atoms with Crippen molar-refractivity contribution in [2.24, 2.45) is 10.2 Å². The van der Waals surface area contributed by atoms with Gasteiger partial charge in [-0.3, -0.25) is 9.59 Å². The summed E-state index contributed by atoms with van der Waals surface area (Å²) in [4.78, 5) is 25.2. The van der Waals surface area contributed by atoms with E-state index in [-0.39, 0.29) is 25.2 Å². The van der Waals surface area contributed by atoms with Crippen molar-refractivity contribution in [2.45, 2.75) is 33.6 Å². The molecule has 0 unspecified atom stereocenters. The van der Waals surface area contributed by atoms with Crippen molar-refractivity contribution in [3.05, 3.63) is 40.3 Å². The van der Waals surface area contributed by atoms with Crippen LogP contribution in [0.5, 0.6) is 0 Å². The molecule has 0 spiro atoms. The Labute approximate surface area is 196 Å². The highest BCUT2D eigenvalue weighted by Crippen LogP contribution is 2.35. The molecule has 0 bridgehead atoms. The second-order valence-corrected chi connectivity index (χ2v) is 7.81. The third kappa shape index (κ3) is 7.41. The first-order valence-corrected chi connectivity index (χ1v) is 11.3. The van der Waals surface area contributed by atoms with E-state index < -0.39 is 0 Å². The summed E-state index contributed by atoms with van der Waals surface area (Å²) in [6.07, 6.45) is 0.613. The van der Waals surface area contributed by atoms with Crippen LogP contribution in [-0.2, 0) is 19.1 Å². The predicted octanol–water partition coefficient (Wildman–Crippen LogP) is 4.93. The average Bonchev–Trinajstić information content (AvgIpc) is 3.15. The number of hydrogen-bond donors (Lipinski definition) is 0. The van der Waals surface area contributed by atoms with Crippen molar-refractivity contribution in [3.63, 3.8) is 0 Å². The second kappa shape index (κ2) is 12.9. The van der Waals surface area contributed by atoms with Crippen LogP contribution in [0.2, 0.25) is 0 Å². The number of anilines is 1. The highest BCUT2D eigenvalue weighted by atomic mass is 32.1. The smallest absolute Gasteiger partial charge is 0.305 e. The van der Waals surface area contributed by atoms with Crippen LogP contribution in [0.15, 0.2) is 34.5 Å². The summed E-state index contributed by atoms with van der Waals surface area (Å²) in [5, 5.41) is 27.2. The van der Waals surface area contributed by atoms with Crippen LogP contribution >= 0.6 is 11.3 Å². The molecular formula is C23H25N5O4S. The normalized spacial score (nSPS) is 10.5. The predicted molar refractivity (Wildman–Crippen MR) is 124 cm³/mol. The summed E-state index contributed by atoms with van der Waals surface area (Å²) in [7, 11) is 0. The molecule has 0 aliphatic carbocycles. The maximum absolute atomic E-state index is 11.4. The highest BCUT2D eigenvalue weighted by molar-refractivity contribution is 7.16. The molecule has 0 saturated carbocycles. The Kier molecular flexibility index (Phi) is 10.00. The lowest BCUT2D eigenvalue weighted by Gasteiger charge is -2.24. The molecule has 1 heterocycles. The molecule has 0 amide bonds. The zero-order chi connectivity index (χ0) is 24.2. The number of benzene rings is 1. The molecule has 0 radical (unpaired) electrons. The number of thiophene rings is 1. The van der Waals surface area contributed by atoms with Gasteiger partial charge >= 0.3 is 11.9 Å². The number of esters is 2. The van der Waals surface area contributed by atoms with E-state index in [9.17, 15) is 14.9 Å². The molecule has 9 nitrogen and oxygen atoms in total. The summed E-state index contributed by atoms with van der Waals surface area (Å²) >= 11 is 1.13. The largest absolute Gasteiger partial charge is 0.464 e. The molecule has 1 aromatic heterocycles. The SMILES string of the molecule is CCC(=O)OCCN(CCOC(=O)CC)c1ccc(N=Nc2sc(C#N)c(C)c2C#N)cc1. The number of rotatable bonds is 11. The Morgan fingerprint density at radius 3 is 2.03 bits per heavy atom. The Morgan fingerprint density at radius 2 is 1.55 bits per heavy atom. The number of carbonyl (C=O) groups excluding carboxylic acids is 2. The number of carbonyl (C=O) groups is 2. The van der Waals surface area contributed by atoms with Gasteiger partial charge in [0.05, 0.1) is 24.3 Å². The lowest BCUT2D eigenvalue weighted by Crippen LogP contribution is -2.32. The molecule has 2 aromatic rings. The van der Waals surface area contributed by atoms with Gasteiger partial charge in [-0.05, 0) is 36.8 Å². The van der Waals surface area contributed by atoms with Crippen LogP contribution in [0.3, 0.4) is 0 Å². The highest BCUT2D eigenvalue weighted by Gasteiger charge is 2.14. The van der Waals surface area contributed by atoms with E-state index in [0.717, 1.165) is 17.0 Å². The van der Waals surface area contributed by atoms with Gasteiger partial charge in [-0.1, -0.05) is 13.8 Å². The molecule has 0 N–H and O–H groups in total. The van der Waals surface area contributed by atoms with Crippen molar-refractivity contribution in [1.29, 1.82) is 10.5 Å². The number of azo groups is 1. The number of nitriles is 2. The quantitative estimate of drug-likeness (QED) is 0.338. The van der Waals surface area contributed by atoms with Crippen molar-refractivity contribution in [2.75, 3.05) is 31.2 Å². The van der Waals surface area contributed by atoms with Crippen LogP contribution < -0.4 is 4.90 Å². The van der Waals surface area contributed by atoms with Crippen LogP contribution in [0.1, 0.15) is 42.7 Å². The van der Waals surface area contributed by atoms with Crippen LogP contribution in [0.25, 0.3) is 0 Å². The molecule has 10 heteroatoms. The maximum atomic E-state index is 11.4. The van der Waals surface area contributed by atoms with Gasteiger partial charge in [0.1, 0.15) is 30.2 Å². The molecular weight excluding hydrogens is 442 g/mol. The van der Waals surface area contributed by atoms with Crippen molar-refractivity contribution >= 4 is 39.7 Å². The minimum absolute atomic E-state index is 0.214. The van der Waals surface area contributed by atoms with E-state index in [2.05, 4.69) is 22.4 Å². The standard InChI is InChI=1S/C23H25N5O4S/c1-4-21(29)31-12-10-28(11-13-32-22(30)5-2)18-8-6-17(7-9-18)26-27-23-19(14-24)16(3)20(15-25)33-23/h6-9H,4-5,10-13H2,1-3H3. The monoisotopic (exact) mass is 467 g/mol. The van der Waals surface area contributed by atoms with Gasteiger partial charge in [0.25, 0.3) is 0 Å². The fraction of sp³-hybridized carbons (Fsp3) is 0.391. The van der Waals surface area contributed by atoms with Gasteiger partial charge < -0.3 is 14.4 Å². The van der Waals surface area contributed by atoms with Crippen LogP contribution in [0.4, 0.5) is 16.4 Å². The number of hydrogen-bond acceptors (Lipinski definition) is 10. The van der Waals surface area contributed by atoms with Crippen molar-refractivity contribution < 1.29 is 19.1 Å². The van der Waals surface area contributed by atoms with E-state index >= 15 is 0 Å². The molecule has 0 fully saturated rings. The van der Waals surface area contributed by atoms with E-state index in [4.69, 9.17) is 14.7 Å². The third-order valence-corrected chi connectivity index (χ3v) is 5.72. The summed E-state index contributed by atoms with van der Waals surface area (Å²) < 4.78 is 10.4. The molecule has 172 valence electrons. The molecule has 1 aromatic carbocycles. The number of ether oxygens (including phenoxy) is 2. The van der Waals surface area contributed by atoms with Gasteiger partial charge in [0.2, 0.25) is 0 Å². The Balaban J connectivity index is 2.12. The zero-order valence-electron chi connectivity index (χ0n) is 18.8. The number of nitrogens with zero attached hydrogens (tertiary/aromatic N) is 5. The van der Waals surface area contributed by atoms with Gasteiger partial charge in [-0.25, -0.2) is 0 Å². The van der Waals surface area contributed by atoms with Crippen LogP contribution in [-0.4, -0.2) is 38.2 Å². The van der Waals surface area contributed by atoms with Gasteiger partial charge in [-0.2, -0.15) is 10.5 Å². The Morgan fingerprint density at radius 1 is 0.970 bits per heavy atom. The van der Waals surface area contributed by atoms with E-state index in [1.807, 2.05) is 17.0 Å².